The van der Waals surface area contributed by atoms with Crippen LogP contribution in [0.3, 0.4) is 0 Å². The van der Waals surface area contributed by atoms with Crippen LogP contribution in [0.1, 0.15) is 19.4 Å². The Morgan fingerprint density at radius 1 is 1.41 bits per heavy atom. The van der Waals surface area contributed by atoms with Crippen LogP contribution in [0.25, 0.3) is 0 Å². The van der Waals surface area contributed by atoms with E-state index in [0.717, 1.165) is 5.69 Å². The third kappa shape index (κ3) is 2.09. The van der Waals surface area contributed by atoms with E-state index in [1.54, 1.807) is 29.2 Å². The normalized spacial score (nSPS) is 19.3. The highest BCUT2D eigenvalue weighted by molar-refractivity contribution is 5.90. The van der Waals surface area contributed by atoms with E-state index in [2.05, 4.69) is 19.9 Å². The number of rotatable bonds is 2. The molecule has 1 heterocycles. The summed E-state index contributed by atoms with van der Waals surface area (Å²) in [5.74, 6) is 0.331. The smallest absolute Gasteiger partial charge is 0.414 e. The number of ether oxygens (including phenoxy) is 1. The van der Waals surface area contributed by atoms with Gasteiger partial charge in [0.1, 0.15) is 6.61 Å². The predicted octanol–water partition coefficient (Wildman–Crippen LogP) is 2.54. The molecule has 1 saturated heterocycles. The monoisotopic (exact) mass is 230 g/mol. The molecule has 4 nitrogen and oxygen atoms in total. The van der Waals surface area contributed by atoms with Crippen molar-refractivity contribution in [2.75, 3.05) is 11.5 Å². The predicted molar refractivity (Wildman–Crippen MR) is 63.6 cm³/mol. The Labute approximate surface area is 100 Å². The molecule has 1 atom stereocenters. The lowest BCUT2D eigenvalue weighted by Crippen LogP contribution is -2.37. The van der Waals surface area contributed by atoms with Crippen LogP contribution in [-0.2, 0) is 4.74 Å². The Morgan fingerprint density at radius 2 is 2.06 bits per heavy atom. The van der Waals surface area contributed by atoms with Crippen LogP contribution in [0.2, 0.25) is 0 Å². The van der Waals surface area contributed by atoms with Crippen molar-refractivity contribution in [1.82, 2.24) is 0 Å². The molecule has 1 unspecified atom stereocenters. The van der Waals surface area contributed by atoms with E-state index in [-0.39, 0.29) is 12.1 Å². The average molecular weight is 230 g/mol. The number of hydrogen-bond donors (Lipinski definition) is 0. The van der Waals surface area contributed by atoms with Crippen LogP contribution < -0.4 is 4.90 Å². The molecular formula is C13H14N2O2. The van der Waals surface area contributed by atoms with Gasteiger partial charge in [-0.1, -0.05) is 13.8 Å². The molecule has 1 fully saturated rings. The summed E-state index contributed by atoms with van der Waals surface area (Å²) in [5.41, 5.74) is 1.37. The first-order chi connectivity index (χ1) is 8.13. The minimum Gasteiger partial charge on any atom is -0.447 e. The number of anilines is 1. The minimum atomic E-state index is -0.312. The summed E-state index contributed by atoms with van der Waals surface area (Å²) in [6.45, 7) is 4.54. The molecule has 17 heavy (non-hydrogen) atoms. The Morgan fingerprint density at radius 3 is 2.59 bits per heavy atom. The third-order valence-corrected chi connectivity index (χ3v) is 2.95. The number of carbonyl (C=O) groups excluding carboxylic acids is 1. The summed E-state index contributed by atoms with van der Waals surface area (Å²) < 4.78 is 5.07. The number of amides is 1. The molecule has 2 rings (SSSR count). The topological polar surface area (TPSA) is 53.3 Å². The van der Waals surface area contributed by atoms with Gasteiger partial charge in [0.25, 0.3) is 0 Å². The van der Waals surface area contributed by atoms with Crippen molar-refractivity contribution in [1.29, 1.82) is 5.26 Å². The van der Waals surface area contributed by atoms with Crippen LogP contribution in [0, 0.1) is 17.2 Å². The quantitative estimate of drug-likeness (QED) is 0.784. The summed E-state index contributed by atoms with van der Waals surface area (Å²) in [7, 11) is 0. The Hall–Kier alpha value is -2.02. The average Bonchev–Trinajstić information content (AvgIpc) is 2.71. The molecule has 1 aromatic carbocycles. The SMILES string of the molecule is CC(C)C1COC(=O)N1c1ccc(C#N)cc1. The molecule has 0 aliphatic carbocycles. The Kier molecular flexibility index (Phi) is 3.01. The van der Waals surface area contributed by atoms with Gasteiger partial charge < -0.3 is 4.74 Å². The van der Waals surface area contributed by atoms with Gasteiger partial charge in [0.2, 0.25) is 0 Å². The zero-order valence-electron chi connectivity index (χ0n) is 9.88. The molecule has 0 radical (unpaired) electrons. The number of hydrogen-bond acceptors (Lipinski definition) is 3. The number of nitriles is 1. The molecule has 1 aromatic rings. The first-order valence-electron chi connectivity index (χ1n) is 5.59. The molecule has 1 amide bonds. The van der Waals surface area contributed by atoms with Gasteiger partial charge in [0, 0.05) is 5.69 Å². The number of nitrogens with zero attached hydrogens (tertiary/aromatic N) is 2. The van der Waals surface area contributed by atoms with Gasteiger partial charge in [-0.05, 0) is 30.2 Å². The van der Waals surface area contributed by atoms with Gasteiger partial charge in [0.15, 0.2) is 0 Å². The number of carbonyl (C=O) groups is 1. The van der Waals surface area contributed by atoms with Gasteiger partial charge in [0.05, 0.1) is 17.7 Å². The van der Waals surface area contributed by atoms with Gasteiger partial charge >= 0.3 is 6.09 Å². The fourth-order valence-electron chi connectivity index (χ4n) is 1.92. The molecule has 0 aromatic heterocycles. The van der Waals surface area contributed by atoms with E-state index in [1.165, 1.54) is 0 Å². The zero-order valence-corrected chi connectivity index (χ0v) is 9.88. The summed E-state index contributed by atoms with van der Waals surface area (Å²) in [5, 5.41) is 8.73. The molecule has 1 aliphatic rings. The maximum absolute atomic E-state index is 11.7. The van der Waals surface area contributed by atoms with Crippen LogP contribution in [0.4, 0.5) is 10.5 Å². The zero-order chi connectivity index (χ0) is 12.4. The van der Waals surface area contributed by atoms with Crippen LogP contribution >= 0.6 is 0 Å². The second-order valence-electron chi connectivity index (χ2n) is 4.42. The lowest BCUT2D eigenvalue weighted by atomic mass is 10.0. The van der Waals surface area contributed by atoms with Gasteiger partial charge in [-0.15, -0.1) is 0 Å². The number of cyclic esters (lactones) is 1. The lowest BCUT2D eigenvalue weighted by Gasteiger charge is -2.24. The fourth-order valence-corrected chi connectivity index (χ4v) is 1.92. The van der Waals surface area contributed by atoms with E-state index in [9.17, 15) is 4.79 Å². The Bertz CT molecular complexity index is 459. The van der Waals surface area contributed by atoms with Crippen molar-refractivity contribution in [2.24, 2.45) is 5.92 Å². The molecule has 0 spiro atoms. The van der Waals surface area contributed by atoms with E-state index in [0.29, 0.717) is 18.1 Å². The van der Waals surface area contributed by atoms with Gasteiger partial charge in [-0.25, -0.2) is 4.79 Å². The summed E-state index contributed by atoms with van der Waals surface area (Å²) >= 11 is 0. The third-order valence-electron chi connectivity index (χ3n) is 2.95. The van der Waals surface area contributed by atoms with Crippen LogP contribution in [0.5, 0.6) is 0 Å². The maximum Gasteiger partial charge on any atom is 0.414 e. The van der Waals surface area contributed by atoms with Crippen molar-refractivity contribution in [3.05, 3.63) is 29.8 Å². The molecule has 4 heteroatoms. The van der Waals surface area contributed by atoms with Crippen molar-refractivity contribution in [2.45, 2.75) is 19.9 Å². The van der Waals surface area contributed by atoms with E-state index >= 15 is 0 Å². The first-order valence-corrected chi connectivity index (χ1v) is 5.59. The van der Waals surface area contributed by atoms with Gasteiger partial charge in [-0.2, -0.15) is 5.26 Å². The van der Waals surface area contributed by atoms with Gasteiger partial charge in [-0.3, -0.25) is 4.90 Å². The fraction of sp³-hybridized carbons (Fsp3) is 0.385. The second-order valence-corrected chi connectivity index (χ2v) is 4.42. The second kappa shape index (κ2) is 4.46. The number of benzene rings is 1. The highest BCUT2D eigenvalue weighted by atomic mass is 16.6. The molecule has 0 bridgehead atoms. The first kappa shape index (κ1) is 11.5. The van der Waals surface area contributed by atoms with Crippen LogP contribution in [-0.4, -0.2) is 18.7 Å². The molecule has 1 aliphatic heterocycles. The van der Waals surface area contributed by atoms with Crippen molar-refractivity contribution in [3.8, 4) is 6.07 Å². The highest BCUT2D eigenvalue weighted by Gasteiger charge is 2.35. The molecule has 0 saturated carbocycles. The minimum absolute atomic E-state index is 0.0652. The summed E-state index contributed by atoms with van der Waals surface area (Å²) in [6.07, 6.45) is -0.312. The van der Waals surface area contributed by atoms with Crippen molar-refractivity contribution >= 4 is 11.8 Å². The summed E-state index contributed by atoms with van der Waals surface area (Å²) in [6, 6.07) is 9.09. The van der Waals surface area contributed by atoms with E-state index < -0.39 is 0 Å². The van der Waals surface area contributed by atoms with Crippen LogP contribution in [0.15, 0.2) is 24.3 Å². The Balaban J connectivity index is 2.30. The largest absolute Gasteiger partial charge is 0.447 e. The van der Waals surface area contributed by atoms with Crippen molar-refractivity contribution in [3.63, 3.8) is 0 Å². The highest BCUT2D eigenvalue weighted by Crippen LogP contribution is 2.27. The standard InChI is InChI=1S/C13H14N2O2/c1-9(2)12-8-17-13(16)15(12)11-5-3-10(7-14)4-6-11/h3-6,9,12H,8H2,1-2H3. The summed E-state index contributed by atoms with van der Waals surface area (Å²) in [4.78, 5) is 13.3. The lowest BCUT2D eigenvalue weighted by molar-refractivity contribution is 0.177. The van der Waals surface area contributed by atoms with Crippen molar-refractivity contribution < 1.29 is 9.53 Å². The van der Waals surface area contributed by atoms with E-state index in [4.69, 9.17) is 10.00 Å². The molecule has 0 N–H and O–H groups in total. The van der Waals surface area contributed by atoms with E-state index in [1.807, 2.05) is 0 Å². The maximum atomic E-state index is 11.7. The molecule has 88 valence electrons. The molecular weight excluding hydrogens is 216 g/mol.